The van der Waals surface area contributed by atoms with E-state index in [0.717, 1.165) is 5.56 Å². The number of aromatic nitrogens is 1. The van der Waals surface area contributed by atoms with Gasteiger partial charge in [0.15, 0.2) is 17.8 Å². The van der Waals surface area contributed by atoms with Crippen molar-refractivity contribution >= 4 is 6.29 Å². The SMILES string of the molecule is COc1cc(CO)ccc1Oc1cncc(C=O)c1. The molecule has 1 N–H and O–H groups in total. The fourth-order valence-electron chi connectivity index (χ4n) is 1.58. The van der Waals surface area contributed by atoms with Crippen LogP contribution in [0.3, 0.4) is 0 Å². The number of aldehydes is 1. The number of pyridine rings is 1. The molecule has 5 heteroatoms. The van der Waals surface area contributed by atoms with Gasteiger partial charge in [-0.2, -0.15) is 0 Å². The smallest absolute Gasteiger partial charge is 0.169 e. The average Bonchev–Trinajstić information content (AvgIpc) is 2.48. The van der Waals surface area contributed by atoms with Gasteiger partial charge in [0.1, 0.15) is 5.75 Å². The van der Waals surface area contributed by atoms with Gasteiger partial charge in [0.25, 0.3) is 0 Å². The Hall–Kier alpha value is -2.40. The second kappa shape index (κ2) is 5.97. The van der Waals surface area contributed by atoms with Gasteiger partial charge in [0.05, 0.1) is 19.9 Å². The highest BCUT2D eigenvalue weighted by Gasteiger charge is 2.07. The van der Waals surface area contributed by atoms with Crippen LogP contribution in [0.25, 0.3) is 0 Å². The summed E-state index contributed by atoms with van der Waals surface area (Å²) in [5.41, 5.74) is 1.16. The van der Waals surface area contributed by atoms with Crippen LogP contribution in [0.15, 0.2) is 36.7 Å². The Balaban J connectivity index is 2.29. The zero-order valence-electron chi connectivity index (χ0n) is 10.4. The minimum Gasteiger partial charge on any atom is -0.493 e. The van der Waals surface area contributed by atoms with Gasteiger partial charge in [0.2, 0.25) is 0 Å². The number of ether oxygens (including phenoxy) is 2. The number of nitrogens with zero attached hydrogens (tertiary/aromatic N) is 1. The third kappa shape index (κ3) is 3.08. The van der Waals surface area contributed by atoms with Crippen LogP contribution < -0.4 is 9.47 Å². The molecule has 2 aromatic rings. The first kappa shape index (κ1) is 13.0. The minimum absolute atomic E-state index is 0.0706. The highest BCUT2D eigenvalue weighted by Crippen LogP contribution is 2.32. The van der Waals surface area contributed by atoms with E-state index in [1.807, 2.05) is 0 Å². The number of carbonyl (C=O) groups excluding carboxylic acids is 1. The molecular formula is C14H13NO4. The number of aliphatic hydroxyl groups excluding tert-OH is 1. The molecular weight excluding hydrogens is 246 g/mol. The van der Waals surface area contributed by atoms with Crippen LogP contribution in [-0.2, 0) is 6.61 Å². The maximum atomic E-state index is 10.7. The lowest BCUT2D eigenvalue weighted by Crippen LogP contribution is -1.94. The third-order valence-corrected chi connectivity index (χ3v) is 2.51. The molecule has 1 aromatic heterocycles. The maximum Gasteiger partial charge on any atom is 0.169 e. The van der Waals surface area contributed by atoms with Crippen molar-refractivity contribution in [3.63, 3.8) is 0 Å². The van der Waals surface area contributed by atoms with Crippen LogP contribution in [0, 0.1) is 0 Å². The summed E-state index contributed by atoms with van der Waals surface area (Å²) in [6, 6.07) is 6.69. The van der Waals surface area contributed by atoms with E-state index >= 15 is 0 Å². The van der Waals surface area contributed by atoms with Crippen molar-refractivity contribution in [2.24, 2.45) is 0 Å². The largest absolute Gasteiger partial charge is 0.493 e. The summed E-state index contributed by atoms with van der Waals surface area (Å²) in [7, 11) is 1.52. The lowest BCUT2D eigenvalue weighted by molar-refractivity contribution is 0.112. The van der Waals surface area contributed by atoms with E-state index in [1.165, 1.54) is 19.5 Å². The molecule has 0 saturated heterocycles. The molecule has 0 saturated carbocycles. The molecule has 0 aliphatic rings. The summed E-state index contributed by atoms with van der Waals surface area (Å²) in [6.07, 6.45) is 3.66. The standard InChI is InChI=1S/C14H13NO4/c1-18-14-5-10(8-16)2-3-13(14)19-12-4-11(9-17)6-15-7-12/h2-7,9,16H,8H2,1H3. The summed E-state index contributed by atoms with van der Waals surface area (Å²) in [6.45, 7) is -0.0706. The second-order valence-electron chi connectivity index (χ2n) is 3.82. The molecule has 98 valence electrons. The van der Waals surface area contributed by atoms with Crippen molar-refractivity contribution in [1.29, 1.82) is 0 Å². The number of methoxy groups -OCH3 is 1. The molecule has 0 amide bonds. The predicted molar refractivity (Wildman–Crippen MR) is 68.6 cm³/mol. The summed E-state index contributed by atoms with van der Waals surface area (Å²) < 4.78 is 10.8. The molecule has 0 radical (unpaired) electrons. The van der Waals surface area contributed by atoms with Crippen LogP contribution in [0.5, 0.6) is 17.2 Å². The Morgan fingerprint density at radius 1 is 1.26 bits per heavy atom. The molecule has 0 atom stereocenters. The predicted octanol–water partition coefficient (Wildman–Crippen LogP) is 2.19. The van der Waals surface area contributed by atoms with Gasteiger partial charge in [-0.05, 0) is 23.8 Å². The Bertz CT molecular complexity index is 583. The van der Waals surface area contributed by atoms with Gasteiger partial charge in [-0.3, -0.25) is 9.78 Å². The van der Waals surface area contributed by atoms with Crippen molar-refractivity contribution in [3.05, 3.63) is 47.8 Å². The Morgan fingerprint density at radius 3 is 2.79 bits per heavy atom. The van der Waals surface area contributed by atoms with E-state index in [4.69, 9.17) is 14.6 Å². The van der Waals surface area contributed by atoms with Crippen molar-refractivity contribution in [2.75, 3.05) is 7.11 Å². The maximum absolute atomic E-state index is 10.7. The third-order valence-electron chi connectivity index (χ3n) is 2.51. The molecule has 1 heterocycles. The topological polar surface area (TPSA) is 68.7 Å². The number of benzene rings is 1. The Labute approximate surface area is 110 Å². The molecule has 2 rings (SSSR count). The highest BCUT2D eigenvalue weighted by molar-refractivity contribution is 5.74. The lowest BCUT2D eigenvalue weighted by Gasteiger charge is -2.11. The van der Waals surface area contributed by atoms with Crippen LogP contribution in [-0.4, -0.2) is 23.5 Å². The molecule has 0 bridgehead atoms. The first-order valence-electron chi connectivity index (χ1n) is 5.62. The summed E-state index contributed by atoms with van der Waals surface area (Å²) in [5.74, 6) is 1.44. The summed E-state index contributed by atoms with van der Waals surface area (Å²) in [5, 5.41) is 9.06. The summed E-state index contributed by atoms with van der Waals surface area (Å²) in [4.78, 5) is 14.6. The quantitative estimate of drug-likeness (QED) is 0.833. The Kier molecular flexibility index (Phi) is 4.10. The zero-order chi connectivity index (χ0) is 13.7. The highest BCUT2D eigenvalue weighted by atomic mass is 16.5. The molecule has 5 nitrogen and oxygen atoms in total. The minimum atomic E-state index is -0.0706. The molecule has 1 aromatic carbocycles. The fraction of sp³-hybridized carbons (Fsp3) is 0.143. The first-order chi connectivity index (χ1) is 9.26. The van der Waals surface area contributed by atoms with E-state index in [9.17, 15) is 4.79 Å². The molecule has 0 aliphatic carbocycles. The molecule has 19 heavy (non-hydrogen) atoms. The van der Waals surface area contributed by atoms with Crippen LogP contribution in [0.2, 0.25) is 0 Å². The van der Waals surface area contributed by atoms with Crippen molar-refractivity contribution in [1.82, 2.24) is 4.98 Å². The van der Waals surface area contributed by atoms with Gasteiger partial charge in [0, 0.05) is 11.8 Å². The van der Waals surface area contributed by atoms with E-state index in [1.54, 1.807) is 24.3 Å². The molecule has 0 fully saturated rings. The summed E-state index contributed by atoms with van der Waals surface area (Å²) >= 11 is 0. The van der Waals surface area contributed by atoms with Crippen molar-refractivity contribution in [3.8, 4) is 17.2 Å². The van der Waals surface area contributed by atoms with Crippen LogP contribution in [0.4, 0.5) is 0 Å². The molecule has 0 spiro atoms. The number of rotatable bonds is 5. The van der Waals surface area contributed by atoms with Crippen LogP contribution >= 0.6 is 0 Å². The first-order valence-corrected chi connectivity index (χ1v) is 5.62. The van der Waals surface area contributed by atoms with E-state index in [2.05, 4.69) is 4.98 Å². The second-order valence-corrected chi connectivity index (χ2v) is 3.82. The average molecular weight is 259 g/mol. The lowest BCUT2D eigenvalue weighted by atomic mass is 10.2. The van der Waals surface area contributed by atoms with Gasteiger partial charge >= 0.3 is 0 Å². The van der Waals surface area contributed by atoms with Gasteiger partial charge in [-0.15, -0.1) is 0 Å². The van der Waals surface area contributed by atoms with E-state index in [-0.39, 0.29) is 6.61 Å². The number of hydrogen-bond donors (Lipinski definition) is 1. The fourth-order valence-corrected chi connectivity index (χ4v) is 1.58. The van der Waals surface area contributed by atoms with Crippen LogP contribution in [0.1, 0.15) is 15.9 Å². The zero-order valence-corrected chi connectivity index (χ0v) is 10.4. The monoisotopic (exact) mass is 259 g/mol. The van der Waals surface area contributed by atoms with Crippen molar-refractivity contribution in [2.45, 2.75) is 6.61 Å². The molecule has 0 unspecified atom stereocenters. The number of hydrogen-bond acceptors (Lipinski definition) is 5. The number of carbonyl (C=O) groups is 1. The number of aliphatic hydroxyl groups is 1. The van der Waals surface area contributed by atoms with Gasteiger partial charge in [-0.25, -0.2) is 0 Å². The Morgan fingerprint density at radius 2 is 2.11 bits per heavy atom. The van der Waals surface area contributed by atoms with Gasteiger partial charge < -0.3 is 14.6 Å². The van der Waals surface area contributed by atoms with E-state index < -0.39 is 0 Å². The van der Waals surface area contributed by atoms with Crippen molar-refractivity contribution < 1.29 is 19.4 Å². The van der Waals surface area contributed by atoms with E-state index in [0.29, 0.717) is 29.1 Å². The molecule has 0 aliphatic heterocycles. The van der Waals surface area contributed by atoms with Gasteiger partial charge in [-0.1, -0.05) is 6.07 Å². The normalized spacial score (nSPS) is 10.0.